The number of nitrogens with two attached hydrogens (primary N) is 1. The Morgan fingerprint density at radius 3 is 2.64 bits per heavy atom. The molecular formula is C17H23N5O3. The van der Waals surface area contributed by atoms with E-state index in [4.69, 9.17) is 5.73 Å². The molecule has 3 heterocycles. The second-order valence-corrected chi connectivity index (χ2v) is 7.51. The summed E-state index contributed by atoms with van der Waals surface area (Å²) < 4.78 is 0. The SMILES string of the molecule is Nc1nccc(N2C[C@H]3CN(C(=O)C4CCCC4)C[C@@]3(C(=O)O)C2)n1. The van der Waals surface area contributed by atoms with Crippen LogP contribution in [0.3, 0.4) is 0 Å². The number of fused-ring (bicyclic) bond motifs is 1. The number of aromatic nitrogens is 2. The number of aliphatic carboxylic acids is 1. The molecule has 8 nitrogen and oxygen atoms in total. The second-order valence-electron chi connectivity index (χ2n) is 7.51. The lowest BCUT2D eigenvalue weighted by atomic mass is 9.81. The molecule has 1 saturated carbocycles. The molecule has 134 valence electrons. The van der Waals surface area contributed by atoms with Crippen LogP contribution in [0.5, 0.6) is 0 Å². The molecule has 2 saturated heterocycles. The number of carboxylic acid groups (broad SMARTS) is 1. The molecule has 0 aromatic carbocycles. The van der Waals surface area contributed by atoms with Crippen LogP contribution in [0, 0.1) is 17.3 Å². The summed E-state index contributed by atoms with van der Waals surface area (Å²) in [5.74, 6) is 0.135. The standard InChI is InChI=1S/C17H23N5O3/c18-16-19-6-5-13(20-16)21-7-12-8-22(10-17(12,9-21)15(24)25)14(23)11-3-1-2-4-11/h5-6,11-12H,1-4,7-10H2,(H,24,25)(H2,18,19,20)/t12-,17-/m0/s1. The van der Waals surface area contributed by atoms with Crippen LogP contribution < -0.4 is 10.6 Å². The zero-order valence-corrected chi connectivity index (χ0v) is 14.1. The molecule has 0 unspecified atom stereocenters. The molecule has 25 heavy (non-hydrogen) atoms. The lowest BCUT2D eigenvalue weighted by Crippen LogP contribution is -2.43. The first-order chi connectivity index (χ1) is 12.0. The van der Waals surface area contributed by atoms with E-state index in [9.17, 15) is 14.7 Å². The maximum absolute atomic E-state index is 12.7. The van der Waals surface area contributed by atoms with Crippen LogP contribution >= 0.6 is 0 Å². The second kappa shape index (κ2) is 5.86. The quantitative estimate of drug-likeness (QED) is 0.824. The smallest absolute Gasteiger partial charge is 0.313 e. The third kappa shape index (κ3) is 2.60. The molecule has 0 radical (unpaired) electrons. The molecule has 1 aromatic rings. The van der Waals surface area contributed by atoms with E-state index < -0.39 is 11.4 Å². The molecular weight excluding hydrogens is 322 g/mol. The summed E-state index contributed by atoms with van der Waals surface area (Å²) in [6.07, 6.45) is 5.65. The molecule has 1 amide bonds. The molecule has 2 atom stereocenters. The summed E-state index contributed by atoms with van der Waals surface area (Å²) in [6, 6.07) is 1.74. The number of carboxylic acids is 1. The van der Waals surface area contributed by atoms with Crippen LogP contribution in [0.4, 0.5) is 11.8 Å². The maximum Gasteiger partial charge on any atom is 0.313 e. The summed E-state index contributed by atoms with van der Waals surface area (Å²) >= 11 is 0. The first-order valence-electron chi connectivity index (χ1n) is 8.85. The fraction of sp³-hybridized carbons (Fsp3) is 0.647. The Morgan fingerprint density at radius 2 is 2.00 bits per heavy atom. The highest BCUT2D eigenvalue weighted by molar-refractivity contribution is 5.83. The van der Waals surface area contributed by atoms with Crippen molar-refractivity contribution in [1.82, 2.24) is 14.9 Å². The summed E-state index contributed by atoms with van der Waals surface area (Å²) in [4.78, 5) is 36.7. The summed E-state index contributed by atoms with van der Waals surface area (Å²) in [5, 5.41) is 9.94. The molecule has 3 N–H and O–H groups in total. The van der Waals surface area contributed by atoms with Crippen LogP contribution in [0.2, 0.25) is 0 Å². The third-order valence-electron chi connectivity index (χ3n) is 6.03. The van der Waals surface area contributed by atoms with Crippen LogP contribution in [-0.4, -0.2) is 58.0 Å². The lowest BCUT2D eigenvalue weighted by Gasteiger charge is -2.27. The van der Waals surface area contributed by atoms with Crippen LogP contribution in [0.15, 0.2) is 12.3 Å². The predicted molar refractivity (Wildman–Crippen MR) is 90.8 cm³/mol. The Hall–Kier alpha value is -2.38. The van der Waals surface area contributed by atoms with Gasteiger partial charge in [-0.25, -0.2) is 4.98 Å². The molecule has 8 heteroatoms. The van der Waals surface area contributed by atoms with E-state index in [0.717, 1.165) is 25.7 Å². The predicted octanol–water partition coefficient (Wildman–Crippen LogP) is 0.598. The van der Waals surface area contributed by atoms with Gasteiger partial charge in [0.05, 0.1) is 0 Å². The lowest BCUT2D eigenvalue weighted by molar-refractivity contribution is -0.148. The van der Waals surface area contributed by atoms with E-state index in [1.165, 1.54) is 0 Å². The molecule has 3 aliphatic rings. The number of carbonyl (C=O) groups is 2. The normalized spacial score (nSPS) is 29.2. The van der Waals surface area contributed by atoms with Gasteiger partial charge in [-0.2, -0.15) is 4.98 Å². The van der Waals surface area contributed by atoms with Gasteiger partial charge in [-0.1, -0.05) is 12.8 Å². The minimum absolute atomic E-state index is 0.0856. The number of anilines is 2. The average Bonchev–Trinajstić information content (AvgIpc) is 3.28. The molecule has 3 fully saturated rings. The minimum atomic E-state index is -0.923. The first kappa shape index (κ1) is 16.1. The Morgan fingerprint density at radius 1 is 1.24 bits per heavy atom. The van der Waals surface area contributed by atoms with Gasteiger partial charge in [0.25, 0.3) is 0 Å². The van der Waals surface area contributed by atoms with Crippen LogP contribution in [-0.2, 0) is 9.59 Å². The number of likely N-dealkylation sites (tertiary alicyclic amines) is 1. The van der Waals surface area contributed by atoms with E-state index in [1.54, 1.807) is 17.2 Å². The fourth-order valence-electron chi connectivity index (χ4n) is 4.68. The van der Waals surface area contributed by atoms with Crippen molar-refractivity contribution in [2.45, 2.75) is 25.7 Å². The van der Waals surface area contributed by atoms with Gasteiger partial charge >= 0.3 is 5.97 Å². The highest BCUT2D eigenvalue weighted by Crippen LogP contribution is 2.45. The van der Waals surface area contributed by atoms with Crippen molar-refractivity contribution in [2.75, 3.05) is 36.8 Å². The third-order valence-corrected chi connectivity index (χ3v) is 6.03. The van der Waals surface area contributed by atoms with E-state index >= 15 is 0 Å². The molecule has 1 aliphatic carbocycles. The van der Waals surface area contributed by atoms with Crippen molar-refractivity contribution in [3.8, 4) is 0 Å². The summed E-state index contributed by atoms with van der Waals surface area (Å²) in [7, 11) is 0. The van der Waals surface area contributed by atoms with Crippen molar-refractivity contribution in [3.63, 3.8) is 0 Å². The Bertz CT molecular complexity index is 705. The Balaban J connectivity index is 1.54. The molecule has 4 rings (SSSR count). The monoisotopic (exact) mass is 345 g/mol. The summed E-state index contributed by atoms with van der Waals surface area (Å²) in [6.45, 7) is 1.72. The van der Waals surface area contributed by atoms with Crippen molar-refractivity contribution < 1.29 is 14.7 Å². The average molecular weight is 345 g/mol. The van der Waals surface area contributed by atoms with Gasteiger partial charge in [0.2, 0.25) is 11.9 Å². The van der Waals surface area contributed by atoms with Gasteiger partial charge in [-0.05, 0) is 18.9 Å². The van der Waals surface area contributed by atoms with Gasteiger partial charge < -0.3 is 20.6 Å². The molecule has 2 aliphatic heterocycles. The number of carbonyl (C=O) groups excluding carboxylic acids is 1. The Labute approximate surface area is 146 Å². The number of hydrogen-bond acceptors (Lipinski definition) is 6. The van der Waals surface area contributed by atoms with E-state index in [1.807, 2.05) is 4.90 Å². The number of amides is 1. The van der Waals surface area contributed by atoms with Gasteiger partial charge in [0.15, 0.2) is 0 Å². The van der Waals surface area contributed by atoms with Crippen molar-refractivity contribution in [2.24, 2.45) is 17.3 Å². The van der Waals surface area contributed by atoms with Gasteiger partial charge in [-0.15, -0.1) is 0 Å². The highest BCUT2D eigenvalue weighted by atomic mass is 16.4. The number of nitrogens with zero attached hydrogens (tertiary/aromatic N) is 4. The van der Waals surface area contributed by atoms with Crippen molar-refractivity contribution in [1.29, 1.82) is 0 Å². The van der Waals surface area contributed by atoms with E-state index in [-0.39, 0.29) is 23.7 Å². The molecule has 0 spiro atoms. The first-order valence-corrected chi connectivity index (χ1v) is 8.85. The summed E-state index contributed by atoms with van der Waals surface area (Å²) in [5.41, 5.74) is 4.73. The van der Waals surface area contributed by atoms with E-state index in [2.05, 4.69) is 9.97 Å². The van der Waals surface area contributed by atoms with Crippen LogP contribution in [0.1, 0.15) is 25.7 Å². The van der Waals surface area contributed by atoms with Gasteiger partial charge in [-0.3, -0.25) is 9.59 Å². The van der Waals surface area contributed by atoms with Crippen molar-refractivity contribution in [3.05, 3.63) is 12.3 Å². The van der Waals surface area contributed by atoms with Gasteiger partial charge in [0, 0.05) is 44.2 Å². The zero-order valence-electron chi connectivity index (χ0n) is 14.1. The highest BCUT2D eigenvalue weighted by Gasteiger charge is 2.59. The number of hydrogen-bond donors (Lipinski definition) is 2. The molecule has 1 aromatic heterocycles. The van der Waals surface area contributed by atoms with Crippen LogP contribution in [0.25, 0.3) is 0 Å². The van der Waals surface area contributed by atoms with E-state index in [0.29, 0.717) is 32.0 Å². The molecule has 0 bridgehead atoms. The minimum Gasteiger partial charge on any atom is -0.481 e. The Kier molecular flexibility index (Phi) is 3.77. The largest absolute Gasteiger partial charge is 0.481 e. The topological polar surface area (TPSA) is 113 Å². The van der Waals surface area contributed by atoms with Gasteiger partial charge in [0.1, 0.15) is 11.2 Å². The van der Waals surface area contributed by atoms with Crippen molar-refractivity contribution >= 4 is 23.6 Å². The fourth-order valence-corrected chi connectivity index (χ4v) is 4.68. The number of nitrogen functional groups attached to an aromatic ring is 1. The zero-order chi connectivity index (χ0) is 17.6. The maximum atomic E-state index is 12.7. The number of rotatable bonds is 3.